The average molecular weight is 288 g/mol. The fourth-order valence-corrected chi connectivity index (χ4v) is 3.37. The van der Waals surface area contributed by atoms with Crippen LogP contribution in [0.15, 0.2) is 30.5 Å². The molecule has 3 rings (SSSR count). The van der Waals surface area contributed by atoms with E-state index in [9.17, 15) is 0 Å². The van der Waals surface area contributed by atoms with Gasteiger partial charge in [-0.2, -0.15) is 0 Å². The zero-order valence-corrected chi connectivity index (χ0v) is 12.7. The maximum Gasteiger partial charge on any atom is 0.122 e. The monoisotopic (exact) mass is 288 g/mol. The Labute approximate surface area is 124 Å². The largest absolute Gasteiger partial charge is 0.493 e. The summed E-state index contributed by atoms with van der Waals surface area (Å²) < 4.78 is 5.72. The number of aromatic nitrogens is 1. The molecule has 106 valence electrons. The van der Waals surface area contributed by atoms with E-state index in [1.807, 2.05) is 18.3 Å². The fraction of sp³-hybridized carbons (Fsp3) is 0.438. The third-order valence-electron chi connectivity index (χ3n) is 3.76. The molecule has 1 aliphatic rings. The molecule has 1 aromatic heterocycles. The van der Waals surface area contributed by atoms with E-state index in [1.54, 1.807) is 11.3 Å². The van der Waals surface area contributed by atoms with Gasteiger partial charge in [0.05, 0.1) is 12.6 Å². The van der Waals surface area contributed by atoms with Crippen LogP contribution in [0.1, 0.15) is 41.3 Å². The number of hydrogen-bond donors (Lipinski definition) is 1. The highest BCUT2D eigenvalue weighted by molar-refractivity contribution is 7.11. The lowest BCUT2D eigenvalue weighted by Gasteiger charge is -2.14. The molecule has 2 atom stereocenters. The van der Waals surface area contributed by atoms with E-state index >= 15 is 0 Å². The van der Waals surface area contributed by atoms with Crippen LogP contribution in [-0.4, -0.2) is 18.1 Å². The smallest absolute Gasteiger partial charge is 0.122 e. The molecular weight excluding hydrogens is 268 g/mol. The first kappa shape index (κ1) is 13.6. The number of hydrogen-bond acceptors (Lipinski definition) is 4. The molecule has 1 aliphatic heterocycles. The summed E-state index contributed by atoms with van der Waals surface area (Å²) in [5.41, 5.74) is 1.32. The van der Waals surface area contributed by atoms with Gasteiger partial charge in [0.15, 0.2) is 0 Å². The zero-order valence-electron chi connectivity index (χ0n) is 11.9. The van der Waals surface area contributed by atoms with Crippen molar-refractivity contribution in [1.29, 1.82) is 0 Å². The van der Waals surface area contributed by atoms with E-state index in [2.05, 4.69) is 36.3 Å². The van der Waals surface area contributed by atoms with Crippen molar-refractivity contribution in [2.75, 3.05) is 13.2 Å². The molecule has 0 saturated carbocycles. The number of benzene rings is 1. The van der Waals surface area contributed by atoms with Gasteiger partial charge in [-0.1, -0.05) is 25.1 Å². The fourth-order valence-electron chi connectivity index (χ4n) is 2.49. The third kappa shape index (κ3) is 2.72. The summed E-state index contributed by atoms with van der Waals surface area (Å²) in [7, 11) is 0. The van der Waals surface area contributed by atoms with Crippen molar-refractivity contribution >= 4 is 11.3 Å². The maximum atomic E-state index is 5.72. The Kier molecular flexibility index (Phi) is 4.03. The van der Waals surface area contributed by atoms with Crippen LogP contribution in [-0.2, 0) is 6.42 Å². The maximum absolute atomic E-state index is 5.72. The van der Waals surface area contributed by atoms with Crippen LogP contribution in [0.5, 0.6) is 5.75 Å². The first-order valence-electron chi connectivity index (χ1n) is 7.17. The Morgan fingerprint density at radius 3 is 3.10 bits per heavy atom. The Hall–Kier alpha value is -1.39. The highest BCUT2D eigenvalue weighted by Crippen LogP contribution is 2.33. The van der Waals surface area contributed by atoms with Gasteiger partial charge in [0.1, 0.15) is 10.8 Å². The minimum absolute atomic E-state index is 0.299. The second-order valence-electron chi connectivity index (χ2n) is 5.19. The van der Waals surface area contributed by atoms with Gasteiger partial charge in [-0.25, -0.2) is 4.98 Å². The molecule has 4 heteroatoms. The number of thiazole rings is 1. The second-order valence-corrected chi connectivity index (χ2v) is 6.34. The van der Waals surface area contributed by atoms with Crippen LogP contribution in [0.25, 0.3) is 0 Å². The SMILES string of the molecule is CCc1cnc(C(C)NCC2COc3ccccc32)s1. The van der Waals surface area contributed by atoms with Crippen LogP contribution in [0.4, 0.5) is 0 Å². The van der Waals surface area contributed by atoms with Gasteiger partial charge in [0.25, 0.3) is 0 Å². The van der Waals surface area contributed by atoms with Crippen LogP contribution in [0.3, 0.4) is 0 Å². The third-order valence-corrected chi connectivity index (χ3v) is 5.08. The molecule has 0 aliphatic carbocycles. The first-order valence-corrected chi connectivity index (χ1v) is 7.99. The minimum atomic E-state index is 0.299. The van der Waals surface area contributed by atoms with Crippen molar-refractivity contribution in [3.63, 3.8) is 0 Å². The van der Waals surface area contributed by atoms with Crippen LogP contribution < -0.4 is 10.1 Å². The van der Waals surface area contributed by atoms with Crippen LogP contribution >= 0.6 is 11.3 Å². The van der Waals surface area contributed by atoms with Gasteiger partial charge < -0.3 is 10.1 Å². The zero-order chi connectivity index (χ0) is 13.9. The number of ether oxygens (including phenoxy) is 1. The summed E-state index contributed by atoms with van der Waals surface area (Å²) in [6.07, 6.45) is 3.06. The molecule has 0 amide bonds. The van der Waals surface area contributed by atoms with Crippen molar-refractivity contribution in [3.05, 3.63) is 45.9 Å². The van der Waals surface area contributed by atoms with Crippen LogP contribution in [0, 0.1) is 0 Å². The van der Waals surface area contributed by atoms with Gasteiger partial charge in [-0.3, -0.25) is 0 Å². The van der Waals surface area contributed by atoms with Crippen molar-refractivity contribution < 1.29 is 4.74 Å². The van der Waals surface area contributed by atoms with E-state index in [0.717, 1.165) is 25.3 Å². The van der Waals surface area contributed by atoms with E-state index in [4.69, 9.17) is 4.74 Å². The lowest BCUT2D eigenvalue weighted by atomic mass is 10.0. The normalized spacial score (nSPS) is 18.6. The standard InChI is InChI=1S/C16H20N2OS/c1-3-13-9-18-16(20-13)11(2)17-8-12-10-19-15-7-5-4-6-14(12)15/h4-7,9,11-12,17H,3,8,10H2,1-2H3. The Morgan fingerprint density at radius 2 is 2.30 bits per heavy atom. The molecule has 0 bridgehead atoms. The van der Waals surface area contributed by atoms with Crippen molar-refractivity contribution in [3.8, 4) is 5.75 Å². The molecule has 2 aromatic rings. The number of rotatable bonds is 5. The number of para-hydroxylation sites is 1. The summed E-state index contributed by atoms with van der Waals surface area (Å²) in [6.45, 7) is 6.05. The summed E-state index contributed by atoms with van der Waals surface area (Å²) >= 11 is 1.80. The Balaban J connectivity index is 1.60. The van der Waals surface area contributed by atoms with Gasteiger partial charge in [0, 0.05) is 29.1 Å². The van der Waals surface area contributed by atoms with E-state index < -0.39 is 0 Å². The highest BCUT2D eigenvalue weighted by atomic mass is 32.1. The Morgan fingerprint density at radius 1 is 1.45 bits per heavy atom. The van der Waals surface area contributed by atoms with Gasteiger partial charge >= 0.3 is 0 Å². The van der Waals surface area contributed by atoms with Gasteiger partial charge in [0.2, 0.25) is 0 Å². The topological polar surface area (TPSA) is 34.2 Å². The predicted molar refractivity (Wildman–Crippen MR) is 82.6 cm³/mol. The van der Waals surface area contributed by atoms with E-state index in [-0.39, 0.29) is 0 Å². The molecule has 1 N–H and O–H groups in total. The van der Waals surface area contributed by atoms with E-state index in [0.29, 0.717) is 12.0 Å². The summed E-state index contributed by atoms with van der Waals surface area (Å²) in [5.74, 6) is 1.48. The molecule has 0 radical (unpaired) electrons. The number of fused-ring (bicyclic) bond motifs is 1. The lowest BCUT2D eigenvalue weighted by molar-refractivity contribution is 0.323. The van der Waals surface area contributed by atoms with Gasteiger partial charge in [-0.05, 0) is 19.4 Å². The van der Waals surface area contributed by atoms with Crippen LogP contribution in [0.2, 0.25) is 0 Å². The number of aryl methyl sites for hydroxylation is 1. The number of nitrogens with zero attached hydrogens (tertiary/aromatic N) is 1. The first-order chi connectivity index (χ1) is 9.78. The minimum Gasteiger partial charge on any atom is -0.493 e. The predicted octanol–water partition coefficient (Wildman–Crippen LogP) is 3.53. The Bertz CT molecular complexity index is 581. The second kappa shape index (κ2) is 5.94. The molecule has 0 spiro atoms. The highest BCUT2D eigenvalue weighted by Gasteiger charge is 2.24. The molecule has 0 saturated heterocycles. The van der Waals surface area contributed by atoms with Crippen molar-refractivity contribution in [2.45, 2.75) is 32.2 Å². The lowest BCUT2D eigenvalue weighted by Crippen LogP contribution is -2.25. The molecule has 2 unspecified atom stereocenters. The summed E-state index contributed by atoms with van der Waals surface area (Å²) in [5, 5.41) is 4.76. The molecule has 0 fully saturated rings. The molecule has 20 heavy (non-hydrogen) atoms. The van der Waals surface area contributed by atoms with Gasteiger partial charge in [-0.15, -0.1) is 11.3 Å². The molecule has 3 nitrogen and oxygen atoms in total. The van der Waals surface area contributed by atoms with Crippen molar-refractivity contribution in [2.24, 2.45) is 0 Å². The molecular formula is C16H20N2OS. The molecule has 1 aromatic carbocycles. The summed E-state index contributed by atoms with van der Waals surface area (Å²) in [6, 6.07) is 8.62. The summed E-state index contributed by atoms with van der Waals surface area (Å²) in [4.78, 5) is 5.85. The quantitative estimate of drug-likeness (QED) is 0.914. The average Bonchev–Trinajstić information content (AvgIpc) is 3.11. The van der Waals surface area contributed by atoms with Crippen molar-refractivity contribution in [1.82, 2.24) is 10.3 Å². The number of nitrogens with one attached hydrogen (secondary N) is 1. The molecule has 2 heterocycles. The van der Waals surface area contributed by atoms with E-state index in [1.165, 1.54) is 15.4 Å².